The van der Waals surface area contributed by atoms with E-state index < -0.39 is 10.1 Å². The predicted octanol–water partition coefficient (Wildman–Crippen LogP) is -0.526. The number of aliphatic hydroxyl groups excluding tert-OH is 1. The largest absolute Gasteiger partial charge is 0.396 e. The Balaban J connectivity index is 2.36. The van der Waals surface area contributed by atoms with Crippen molar-refractivity contribution in [2.75, 3.05) is 18.9 Å². The highest BCUT2D eigenvalue weighted by molar-refractivity contribution is 7.85. The van der Waals surface area contributed by atoms with Crippen LogP contribution in [0, 0.1) is 0 Å². The molecule has 0 amide bonds. The van der Waals surface area contributed by atoms with Crippen LogP contribution in [-0.4, -0.2) is 42.0 Å². The Morgan fingerprint density at radius 1 is 1.47 bits per heavy atom. The summed E-state index contributed by atoms with van der Waals surface area (Å²) < 4.78 is 29.5. The Hall–Kier alpha value is -1.05. The van der Waals surface area contributed by atoms with Crippen molar-refractivity contribution in [2.24, 2.45) is 0 Å². The lowest BCUT2D eigenvalue weighted by Crippen LogP contribution is -2.35. The second-order valence-corrected chi connectivity index (χ2v) is 4.69. The maximum atomic E-state index is 10.5. The molecule has 1 rings (SSSR count). The second-order valence-electron chi connectivity index (χ2n) is 3.12. The van der Waals surface area contributed by atoms with Crippen molar-refractivity contribution in [1.29, 1.82) is 0 Å². The van der Waals surface area contributed by atoms with Gasteiger partial charge in [0.25, 0.3) is 10.1 Å². The Bertz CT molecular complexity index is 361. The summed E-state index contributed by atoms with van der Waals surface area (Å²) >= 11 is 0. The summed E-state index contributed by atoms with van der Waals surface area (Å²) in [5.41, 5.74) is 3.76. The second kappa shape index (κ2) is 5.15. The highest BCUT2D eigenvalue weighted by Gasteiger charge is 2.08. The summed E-state index contributed by atoms with van der Waals surface area (Å²) in [6.45, 7) is 0.237. The molecule has 1 heterocycles. The van der Waals surface area contributed by atoms with Crippen LogP contribution in [0.3, 0.4) is 0 Å². The molecule has 0 aromatic rings. The van der Waals surface area contributed by atoms with Crippen LogP contribution < -0.4 is 5.43 Å². The smallest absolute Gasteiger partial charge is 0.266 e. The molecule has 6 nitrogen and oxygen atoms in total. The molecule has 86 valence electrons. The van der Waals surface area contributed by atoms with Crippen LogP contribution in [0.15, 0.2) is 24.0 Å². The van der Waals surface area contributed by atoms with E-state index in [4.69, 9.17) is 9.66 Å². The lowest BCUT2D eigenvalue weighted by Gasteiger charge is -2.23. The number of hydrogen-bond acceptors (Lipinski definition) is 5. The summed E-state index contributed by atoms with van der Waals surface area (Å²) in [4.78, 5) is 0. The minimum absolute atomic E-state index is 0.0723. The maximum absolute atomic E-state index is 10.5. The molecule has 0 aromatic heterocycles. The quantitative estimate of drug-likeness (QED) is 0.554. The first-order valence-corrected chi connectivity index (χ1v) is 6.08. The van der Waals surface area contributed by atoms with E-state index in [9.17, 15) is 8.42 Å². The summed E-state index contributed by atoms with van der Waals surface area (Å²) in [7, 11) is -3.92. The van der Waals surface area contributed by atoms with Crippen LogP contribution >= 0.6 is 0 Å². The van der Waals surface area contributed by atoms with Gasteiger partial charge in [-0.05, 0) is 18.1 Å². The van der Waals surface area contributed by atoms with Gasteiger partial charge in [-0.1, -0.05) is 0 Å². The molecule has 3 N–H and O–H groups in total. The van der Waals surface area contributed by atoms with Crippen molar-refractivity contribution >= 4 is 10.1 Å². The van der Waals surface area contributed by atoms with E-state index in [0.717, 1.165) is 5.57 Å². The van der Waals surface area contributed by atoms with Gasteiger partial charge in [0.1, 0.15) is 0 Å². The SMILES string of the molecule is O=S(=O)(O)CCN1C=CC(CCO)=CN1. The molecule has 1 aliphatic heterocycles. The topological polar surface area (TPSA) is 89.9 Å². The first-order chi connectivity index (χ1) is 7.01. The number of nitrogens with zero attached hydrogens (tertiary/aromatic N) is 1. The Morgan fingerprint density at radius 3 is 2.67 bits per heavy atom. The molecular weight excluding hydrogens is 220 g/mol. The minimum Gasteiger partial charge on any atom is -0.396 e. The fourth-order valence-corrected chi connectivity index (χ4v) is 1.51. The van der Waals surface area contributed by atoms with Gasteiger partial charge in [0.15, 0.2) is 0 Å². The van der Waals surface area contributed by atoms with Crippen molar-refractivity contribution in [3.05, 3.63) is 24.0 Å². The molecule has 0 aromatic carbocycles. The van der Waals surface area contributed by atoms with Crippen LogP contribution in [0.25, 0.3) is 0 Å². The third-order valence-corrected chi connectivity index (χ3v) is 2.57. The molecule has 0 saturated carbocycles. The Kier molecular flexibility index (Phi) is 4.13. The van der Waals surface area contributed by atoms with Crippen molar-refractivity contribution in [1.82, 2.24) is 10.4 Å². The number of hydrazine groups is 1. The maximum Gasteiger partial charge on any atom is 0.266 e. The molecule has 0 spiro atoms. The van der Waals surface area contributed by atoms with Gasteiger partial charge in [0.05, 0.1) is 12.3 Å². The van der Waals surface area contributed by atoms with Crippen molar-refractivity contribution < 1.29 is 18.1 Å². The van der Waals surface area contributed by atoms with Crippen molar-refractivity contribution in [3.63, 3.8) is 0 Å². The zero-order valence-corrected chi connectivity index (χ0v) is 8.94. The van der Waals surface area contributed by atoms with E-state index in [1.54, 1.807) is 18.5 Å². The van der Waals surface area contributed by atoms with E-state index in [1.165, 1.54) is 5.01 Å². The number of allylic oxidation sites excluding steroid dienone is 1. The summed E-state index contributed by atoms with van der Waals surface area (Å²) in [6, 6.07) is 0. The molecular formula is C8H14N2O4S. The normalized spacial score (nSPS) is 16.1. The molecule has 0 saturated heterocycles. The molecule has 0 aliphatic carbocycles. The zero-order valence-electron chi connectivity index (χ0n) is 8.13. The summed E-state index contributed by atoms with van der Waals surface area (Å²) in [6.07, 6.45) is 5.67. The summed E-state index contributed by atoms with van der Waals surface area (Å²) in [5.74, 6) is -0.326. The van der Waals surface area contributed by atoms with Gasteiger partial charge in [-0.15, -0.1) is 0 Å². The molecule has 15 heavy (non-hydrogen) atoms. The number of hydrogen-bond donors (Lipinski definition) is 3. The van der Waals surface area contributed by atoms with Crippen LogP contribution in [0.1, 0.15) is 6.42 Å². The summed E-state index contributed by atoms with van der Waals surface area (Å²) in [5, 5.41) is 10.2. The van der Waals surface area contributed by atoms with E-state index in [0.29, 0.717) is 6.42 Å². The number of nitrogens with one attached hydrogen (secondary N) is 1. The van der Waals surface area contributed by atoms with Gasteiger partial charge in [-0.2, -0.15) is 8.42 Å². The van der Waals surface area contributed by atoms with Crippen LogP contribution in [0.4, 0.5) is 0 Å². The highest BCUT2D eigenvalue weighted by Crippen LogP contribution is 2.06. The van der Waals surface area contributed by atoms with Gasteiger partial charge in [-0.3, -0.25) is 9.56 Å². The first kappa shape index (κ1) is 12.0. The number of rotatable bonds is 5. The lowest BCUT2D eigenvalue weighted by atomic mass is 10.2. The monoisotopic (exact) mass is 234 g/mol. The molecule has 1 aliphatic rings. The zero-order chi connectivity index (χ0) is 11.3. The van der Waals surface area contributed by atoms with Gasteiger partial charge in [-0.25, -0.2) is 0 Å². The molecule has 0 unspecified atom stereocenters. The standard InChI is InChI=1S/C8H14N2O4S/c11-5-2-8-1-3-10(9-7-8)4-6-15(12,13)14/h1,3,7,9,11H,2,4-6H2,(H,12,13,14). The molecule has 0 bridgehead atoms. The molecule has 0 atom stereocenters. The fraction of sp³-hybridized carbons (Fsp3) is 0.500. The first-order valence-electron chi connectivity index (χ1n) is 4.47. The molecule has 0 radical (unpaired) electrons. The average molecular weight is 234 g/mol. The van der Waals surface area contributed by atoms with E-state index in [-0.39, 0.29) is 18.9 Å². The van der Waals surface area contributed by atoms with Crippen LogP contribution in [-0.2, 0) is 10.1 Å². The van der Waals surface area contributed by atoms with E-state index in [2.05, 4.69) is 5.43 Å². The van der Waals surface area contributed by atoms with E-state index in [1.807, 2.05) is 0 Å². The number of aliphatic hydroxyl groups is 1. The van der Waals surface area contributed by atoms with Gasteiger partial charge in [0.2, 0.25) is 0 Å². The van der Waals surface area contributed by atoms with Crippen molar-refractivity contribution in [2.45, 2.75) is 6.42 Å². The average Bonchev–Trinajstić information content (AvgIpc) is 2.16. The van der Waals surface area contributed by atoms with Crippen LogP contribution in [0.5, 0.6) is 0 Å². The Labute approximate surface area is 88.6 Å². The minimum atomic E-state index is -3.92. The lowest BCUT2D eigenvalue weighted by molar-refractivity contribution is 0.294. The third-order valence-electron chi connectivity index (χ3n) is 1.87. The molecule has 7 heteroatoms. The third kappa shape index (κ3) is 4.82. The van der Waals surface area contributed by atoms with Gasteiger partial charge in [0, 0.05) is 19.0 Å². The van der Waals surface area contributed by atoms with Crippen molar-refractivity contribution in [3.8, 4) is 0 Å². The van der Waals surface area contributed by atoms with E-state index >= 15 is 0 Å². The predicted molar refractivity (Wildman–Crippen MR) is 55.2 cm³/mol. The fourth-order valence-electron chi connectivity index (χ4n) is 1.08. The van der Waals surface area contributed by atoms with Gasteiger partial charge < -0.3 is 10.5 Å². The molecule has 0 fully saturated rings. The highest BCUT2D eigenvalue weighted by atomic mass is 32.2. The van der Waals surface area contributed by atoms with Crippen LogP contribution in [0.2, 0.25) is 0 Å². The van der Waals surface area contributed by atoms with Gasteiger partial charge >= 0.3 is 0 Å². The Morgan fingerprint density at radius 2 is 2.20 bits per heavy atom.